The highest BCUT2D eigenvalue weighted by molar-refractivity contribution is 5.74. The number of nitrogens with one attached hydrogen (secondary N) is 1. The van der Waals surface area contributed by atoms with Gasteiger partial charge in [-0.25, -0.2) is 0 Å². The maximum Gasteiger partial charge on any atom is 0.310 e. The molecule has 98 valence electrons. The van der Waals surface area contributed by atoms with Gasteiger partial charge in [-0.1, -0.05) is 37.3 Å². The average molecular weight is 247 g/mol. The van der Waals surface area contributed by atoms with Crippen LogP contribution in [0.3, 0.4) is 0 Å². The Hall–Kier alpha value is -1.35. The van der Waals surface area contributed by atoms with E-state index in [1.807, 2.05) is 6.07 Å². The highest BCUT2D eigenvalue weighted by Crippen LogP contribution is 2.36. The molecule has 2 atom stereocenters. The van der Waals surface area contributed by atoms with E-state index in [0.29, 0.717) is 0 Å². The van der Waals surface area contributed by atoms with Gasteiger partial charge in [0.1, 0.15) is 0 Å². The molecule has 0 bridgehead atoms. The number of hydrogen-bond donors (Lipinski definition) is 1. The molecule has 0 amide bonds. The zero-order valence-electron chi connectivity index (χ0n) is 11.1. The van der Waals surface area contributed by atoms with E-state index in [1.54, 1.807) is 0 Å². The minimum atomic E-state index is -0.0874. The third-order valence-corrected chi connectivity index (χ3v) is 4.03. The summed E-state index contributed by atoms with van der Waals surface area (Å²) in [4.78, 5) is 11.8. The van der Waals surface area contributed by atoms with Crippen LogP contribution in [0.25, 0.3) is 0 Å². The first-order valence-corrected chi connectivity index (χ1v) is 6.48. The van der Waals surface area contributed by atoms with Crippen LogP contribution in [0.4, 0.5) is 0 Å². The number of hydrogen-bond acceptors (Lipinski definition) is 3. The van der Waals surface area contributed by atoms with Crippen molar-refractivity contribution in [2.75, 3.05) is 20.2 Å². The van der Waals surface area contributed by atoms with Crippen LogP contribution in [0.1, 0.15) is 18.9 Å². The fourth-order valence-electron chi connectivity index (χ4n) is 2.72. The highest BCUT2D eigenvalue weighted by Gasteiger charge is 2.43. The Labute approximate surface area is 109 Å². The van der Waals surface area contributed by atoms with E-state index in [4.69, 9.17) is 4.74 Å². The van der Waals surface area contributed by atoms with E-state index in [-0.39, 0.29) is 17.3 Å². The number of rotatable bonds is 4. The quantitative estimate of drug-likeness (QED) is 0.827. The summed E-state index contributed by atoms with van der Waals surface area (Å²) < 4.78 is 4.90. The van der Waals surface area contributed by atoms with E-state index in [2.05, 4.69) is 36.5 Å². The molecule has 3 nitrogen and oxygen atoms in total. The van der Waals surface area contributed by atoms with Crippen LogP contribution in [-0.2, 0) is 16.0 Å². The lowest BCUT2D eigenvalue weighted by molar-refractivity contribution is -0.148. The number of esters is 1. The standard InChI is InChI=1S/C15H21NO2/c1-15(9-8-12-6-4-3-5-7-12)11-16-10-13(15)14(17)18-2/h3-7,13,16H,8-11H2,1-2H3. The van der Waals surface area contributed by atoms with E-state index in [0.717, 1.165) is 25.9 Å². The predicted molar refractivity (Wildman–Crippen MR) is 71.2 cm³/mol. The zero-order chi connectivity index (χ0) is 13.0. The van der Waals surface area contributed by atoms with E-state index >= 15 is 0 Å². The van der Waals surface area contributed by atoms with Crippen LogP contribution in [0, 0.1) is 11.3 Å². The van der Waals surface area contributed by atoms with Crippen molar-refractivity contribution >= 4 is 5.97 Å². The first kappa shape index (κ1) is 13.1. The number of carbonyl (C=O) groups is 1. The van der Waals surface area contributed by atoms with Crippen LogP contribution in [-0.4, -0.2) is 26.2 Å². The smallest absolute Gasteiger partial charge is 0.310 e. The molecule has 2 rings (SSSR count). The molecule has 1 aromatic rings. The molecule has 1 aromatic carbocycles. The summed E-state index contributed by atoms with van der Waals surface area (Å²) in [6.07, 6.45) is 2.01. The van der Waals surface area contributed by atoms with Crippen LogP contribution < -0.4 is 5.32 Å². The van der Waals surface area contributed by atoms with Crippen molar-refractivity contribution in [2.24, 2.45) is 11.3 Å². The Balaban J connectivity index is 2.00. The van der Waals surface area contributed by atoms with Gasteiger partial charge in [-0.3, -0.25) is 4.79 Å². The molecule has 1 fully saturated rings. The highest BCUT2D eigenvalue weighted by atomic mass is 16.5. The summed E-state index contributed by atoms with van der Waals surface area (Å²) in [5.74, 6) is -0.109. The summed E-state index contributed by atoms with van der Waals surface area (Å²) in [6.45, 7) is 3.80. The molecule has 18 heavy (non-hydrogen) atoms. The largest absolute Gasteiger partial charge is 0.469 e. The van der Waals surface area contributed by atoms with E-state index in [9.17, 15) is 4.79 Å². The molecule has 0 radical (unpaired) electrons. The minimum absolute atomic E-state index is 0.00291. The van der Waals surface area contributed by atoms with Crippen molar-refractivity contribution in [1.29, 1.82) is 0 Å². The van der Waals surface area contributed by atoms with Crippen molar-refractivity contribution < 1.29 is 9.53 Å². The van der Waals surface area contributed by atoms with Gasteiger partial charge in [0, 0.05) is 13.1 Å². The normalized spacial score (nSPS) is 27.1. The fourth-order valence-corrected chi connectivity index (χ4v) is 2.72. The zero-order valence-corrected chi connectivity index (χ0v) is 11.1. The minimum Gasteiger partial charge on any atom is -0.469 e. The lowest BCUT2D eigenvalue weighted by Crippen LogP contribution is -2.33. The number of benzene rings is 1. The number of ether oxygens (including phenoxy) is 1. The third-order valence-electron chi connectivity index (χ3n) is 4.03. The molecule has 0 spiro atoms. The summed E-state index contributed by atoms with van der Waals surface area (Å²) in [5.41, 5.74) is 1.33. The van der Waals surface area contributed by atoms with Crippen LogP contribution >= 0.6 is 0 Å². The van der Waals surface area contributed by atoms with Gasteiger partial charge >= 0.3 is 5.97 Å². The third kappa shape index (κ3) is 2.72. The van der Waals surface area contributed by atoms with Gasteiger partial charge < -0.3 is 10.1 Å². The van der Waals surface area contributed by atoms with Gasteiger partial charge in [-0.15, -0.1) is 0 Å². The van der Waals surface area contributed by atoms with Gasteiger partial charge in [0.05, 0.1) is 13.0 Å². The number of carbonyl (C=O) groups excluding carboxylic acids is 1. The van der Waals surface area contributed by atoms with Crippen molar-refractivity contribution in [3.05, 3.63) is 35.9 Å². The Morgan fingerprint density at radius 3 is 2.83 bits per heavy atom. The molecule has 1 aliphatic rings. The van der Waals surface area contributed by atoms with Crippen molar-refractivity contribution in [2.45, 2.75) is 19.8 Å². The Morgan fingerprint density at radius 1 is 1.44 bits per heavy atom. The second-order valence-electron chi connectivity index (χ2n) is 5.35. The average Bonchev–Trinajstić information content (AvgIpc) is 2.79. The molecule has 0 aromatic heterocycles. The molecule has 1 saturated heterocycles. The maximum atomic E-state index is 11.8. The van der Waals surface area contributed by atoms with E-state index in [1.165, 1.54) is 12.7 Å². The summed E-state index contributed by atoms with van der Waals surface area (Å²) in [5, 5.41) is 3.31. The predicted octanol–water partition coefficient (Wildman–Crippen LogP) is 2.02. The summed E-state index contributed by atoms with van der Waals surface area (Å²) in [6, 6.07) is 10.4. The lowest BCUT2D eigenvalue weighted by atomic mass is 9.75. The molecule has 1 heterocycles. The Kier molecular flexibility index (Phi) is 4.02. The molecule has 1 aliphatic heterocycles. The van der Waals surface area contributed by atoms with Gasteiger partial charge in [0.25, 0.3) is 0 Å². The fraction of sp³-hybridized carbons (Fsp3) is 0.533. The molecule has 0 saturated carbocycles. The molecule has 2 unspecified atom stereocenters. The van der Waals surface area contributed by atoms with Gasteiger partial charge in [0.2, 0.25) is 0 Å². The van der Waals surface area contributed by atoms with Crippen LogP contribution in [0.5, 0.6) is 0 Å². The van der Waals surface area contributed by atoms with Crippen molar-refractivity contribution in [3.63, 3.8) is 0 Å². The topological polar surface area (TPSA) is 38.3 Å². The summed E-state index contributed by atoms with van der Waals surface area (Å²) in [7, 11) is 1.47. The maximum absolute atomic E-state index is 11.8. The lowest BCUT2D eigenvalue weighted by Gasteiger charge is -2.28. The molecule has 0 aliphatic carbocycles. The Morgan fingerprint density at radius 2 is 2.17 bits per heavy atom. The van der Waals surface area contributed by atoms with Crippen molar-refractivity contribution in [3.8, 4) is 0 Å². The molecule has 3 heteroatoms. The van der Waals surface area contributed by atoms with Gasteiger partial charge in [-0.2, -0.15) is 0 Å². The molecule has 1 N–H and O–H groups in total. The van der Waals surface area contributed by atoms with E-state index < -0.39 is 0 Å². The second-order valence-corrected chi connectivity index (χ2v) is 5.35. The molecular formula is C15H21NO2. The monoisotopic (exact) mass is 247 g/mol. The van der Waals surface area contributed by atoms with Gasteiger partial charge in [-0.05, 0) is 23.8 Å². The van der Waals surface area contributed by atoms with Crippen molar-refractivity contribution in [1.82, 2.24) is 5.32 Å². The summed E-state index contributed by atoms with van der Waals surface area (Å²) >= 11 is 0. The Bertz CT molecular complexity index is 404. The van der Waals surface area contributed by atoms with Gasteiger partial charge in [0.15, 0.2) is 0 Å². The molecular weight excluding hydrogens is 226 g/mol. The van der Waals surface area contributed by atoms with Crippen LogP contribution in [0.2, 0.25) is 0 Å². The number of methoxy groups -OCH3 is 1. The SMILES string of the molecule is COC(=O)C1CNCC1(C)CCc1ccccc1. The first-order chi connectivity index (χ1) is 8.65. The first-order valence-electron chi connectivity index (χ1n) is 6.48. The number of aryl methyl sites for hydroxylation is 1. The van der Waals surface area contributed by atoms with Crippen LogP contribution in [0.15, 0.2) is 30.3 Å². The second kappa shape index (κ2) is 5.53.